The summed E-state index contributed by atoms with van der Waals surface area (Å²) in [6.07, 6.45) is 1.58. The number of nitrogens with zero attached hydrogens (tertiary/aromatic N) is 2. The smallest absolute Gasteiger partial charge is 0.336 e. The van der Waals surface area contributed by atoms with Gasteiger partial charge in [-0.05, 0) is 30.7 Å². The molecule has 0 fully saturated rings. The number of carboxylic acid groups (broad SMARTS) is 1. The summed E-state index contributed by atoms with van der Waals surface area (Å²) in [5.74, 6) is -1.58. The Morgan fingerprint density at radius 2 is 2.28 bits per heavy atom. The molecule has 0 saturated carbocycles. The summed E-state index contributed by atoms with van der Waals surface area (Å²) >= 11 is 5.86. The molecule has 0 spiro atoms. The highest BCUT2D eigenvalue weighted by Crippen LogP contribution is 2.16. The van der Waals surface area contributed by atoms with Crippen LogP contribution in [0.3, 0.4) is 0 Å². The maximum atomic E-state index is 13.1. The predicted octanol–water partition coefficient (Wildman–Crippen LogP) is 2.73. The molecule has 2 aromatic rings. The summed E-state index contributed by atoms with van der Waals surface area (Å²) in [6, 6.07) is 3.55. The van der Waals surface area contributed by atoms with Crippen molar-refractivity contribution in [3.05, 3.63) is 52.1 Å². The molecular weight excluding hydrogens is 259 g/mol. The number of halogens is 2. The molecule has 0 bridgehead atoms. The summed E-state index contributed by atoms with van der Waals surface area (Å²) in [4.78, 5) is 11.0. The Morgan fingerprint density at radius 1 is 1.56 bits per heavy atom. The van der Waals surface area contributed by atoms with E-state index < -0.39 is 11.8 Å². The van der Waals surface area contributed by atoms with Crippen LogP contribution in [0.1, 0.15) is 21.6 Å². The summed E-state index contributed by atoms with van der Waals surface area (Å²) in [7, 11) is 0. The van der Waals surface area contributed by atoms with Gasteiger partial charge in [0.05, 0.1) is 22.8 Å². The van der Waals surface area contributed by atoms with Gasteiger partial charge in [-0.15, -0.1) is 0 Å². The molecule has 1 heterocycles. The number of aryl methyl sites for hydroxylation is 1. The first-order chi connectivity index (χ1) is 8.47. The molecule has 0 aliphatic heterocycles. The van der Waals surface area contributed by atoms with E-state index in [4.69, 9.17) is 16.7 Å². The highest BCUT2D eigenvalue weighted by Gasteiger charge is 2.12. The van der Waals surface area contributed by atoms with E-state index in [1.165, 1.54) is 16.8 Å². The SMILES string of the molecule is Cc1nn(Cc2cc(F)ccc2C(=O)O)cc1Cl. The average molecular weight is 269 g/mol. The van der Waals surface area contributed by atoms with Gasteiger partial charge >= 0.3 is 5.97 Å². The van der Waals surface area contributed by atoms with Crippen LogP contribution in [0.25, 0.3) is 0 Å². The third-order valence-electron chi connectivity index (χ3n) is 2.52. The summed E-state index contributed by atoms with van der Waals surface area (Å²) in [6.45, 7) is 1.90. The molecule has 0 saturated heterocycles. The number of benzene rings is 1. The average Bonchev–Trinajstić information content (AvgIpc) is 2.57. The first-order valence-electron chi connectivity index (χ1n) is 5.18. The summed E-state index contributed by atoms with van der Waals surface area (Å²) < 4.78 is 14.6. The monoisotopic (exact) mass is 268 g/mol. The van der Waals surface area contributed by atoms with Crippen LogP contribution in [0.4, 0.5) is 4.39 Å². The van der Waals surface area contributed by atoms with Gasteiger partial charge in [-0.3, -0.25) is 4.68 Å². The predicted molar refractivity (Wildman–Crippen MR) is 64.4 cm³/mol. The second-order valence-corrected chi connectivity index (χ2v) is 4.27. The third kappa shape index (κ3) is 2.51. The van der Waals surface area contributed by atoms with Crippen LogP contribution in [-0.4, -0.2) is 20.9 Å². The number of aromatic carboxylic acids is 1. The molecule has 1 aromatic heterocycles. The van der Waals surface area contributed by atoms with Crippen LogP contribution < -0.4 is 0 Å². The van der Waals surface area contributed by atoms with Crippen molar-refractivity contribution >= 4 is 17.6 Å². The number of carbonyl (C=O) groups is 1. The van der Waals surface area contributed by atoms with Crippen LogP contribution >= 0.6 is 11.6 Å². The van der Waals surface area contributed by atoms with Gasteiger partial charge in [0.15, 0.2) is 0 Å². The van der Waals surface area contributed by atoms with Crippen molar-refractivity contribution in [2.24, 2.45) is 0 Å². The van der Waals surface area contributed by atoms with Gasteiger partial charge in [0.1, 0.15) is 5.82 Å². The fraction of sp³-hybridized carbons (Fsp3) is 0.167. The second kappa shape index (κ2) is 4.78. The summed E-state index contributed by atoms with van der Waals surface area (Å²) in [5.41, 5.74) is 1.05. The van der Waals surface area contributed by atoms with Crippen molar-refractivity contribution in [2.75, 3.05) is 0 Å². The standard InChI is InChI=1S/C12H10ClFN2O2/c1-7-11(13)6-16(15-7)5-8-4-9(14)2-3-10(8)12(17)18/h2-4,6H,5H2,1H3,(H,17,18). The minimum Gasteiger partial charge on any atom is -0.478 e. The van der Waals surface area contributed by atoms with Crippen molar-refractivity contribution < 1.29 is 14.3 Å². The lowest BCUT2D eigenvalue weighted by Gasteiger charge is -2.06. The van der Waals surface area contributed by atoms with E-state index >= 15 is 0 Å². The van der Waals surface area contributed by atoms with Crippen molar-refractivity contribution in [2.45, 2.75) is 13.5 Å². The molecule has 0 unspecified atom stereocenters. The molecule has 1 aromatic carbocycles. The Labute approximate surface area is 108 Å². The van der Waals surface area contributed by atoms with E-state index in [2.05, 4.69) is 5.10 Å². The lowest BCUT2D eigenvalue weighted by Crippen LogP contribution is -2.08. The van der Waals surface area contributed by atoms with Gasteiger partial charge in [0.25, 0.3) is 0 Å². The number of hydrogen-bond donors (Lipinski definition) is 1. The van der Waals surface area contributed by atoms with Crippen LogP contribution in [0, 0.1) is 12.7 Å². The van der Waals surface area contributed by atoms with Crippen molar-refractivity contribution in [3.63, 3.8) is 0 Å². The van der Waals surface area contributed by atoms with Gasteiger partial charge in [-0.1, -0.05) is 11.6 Å². The van der Waals surface area contributed by atoms with Crippen LogP contribution in [0.15, 0.2) is 24.4 Å². The molecule has 6 heteroatoms. The highest BCUT2D eigenvalue weighted by molar-refractivity contribution is 6.31. The van der Waals surface area contributed by atoms with E-state index in [-0.39, 0.29) is 12.1 Å². The molecule has 18 heavy (non-hydrogen) atoms. The van der Waals surface area contributed by atoms with E-state index in [1.807, 2.05) is 0 Å². The molecule has 94 valence electrons. The number of aromatic nitrogens is 2. The van der Waals surface area contributed by atoms with Gasteiger partial charge < -0.3 is 5.11 Å². The van der Waals surface area contributed by atoms with E-state index in [0.29, 0.717) is 16.3 Å². The first-order valence-corrected chi connectivity index (χ1v) is 5.56. The fourth-order valence-electron chi connectivity index (χ4n) is 1.65. The van der Waals surface area contributed by atoms with Gasteiger partial charge in [0.2, 0.25) is 0 Å². The van der Waals surface area contributed by atoms with Crippen molar-refractivity contribution in [3.8, 4) is 0 Å². The Bertz CT molecular complexity index is 591. The number of rotatable bonds is 3. The molecule has 4 nitrogen and oxygen atoms in total. The molecule has 1 N–H and O–H groups in total. The van der Waals surface area contributed by atoms with Crippen LogP contribution in [0.2, 0.25) is 5.02 Å². The van der Waals surface area contributed by atoms with Crippen LogP contribution in [0.5, 0.6) is 0 Å². The Kier molecular flexibility index (Phi) is 3.34. The maximum Gasteiger partial charge on any atom is 0.336 e. The summed E-state index contributed by atoms with van der Waals surface area (Å²) in [5, 5.41) is 13.6. The zero-order valence-electron chi connectivity index (χ0n) is 9.52. The quantitative estimate of drug-likeness (QED) is 0.931. The molecule has 0 aliphatic carbocycles. The van der Waals surface area contributed by atoms with Crippen molar-refractivity contribution in [1.82, 2.24) is 9.78 Å². The fourth-order valence-corrected chi connectivity index (χ4v) is 1.80. The minimum absolute atomic E-state index is 0.0562. The molecule has 2 rings (SSSR count). The normalized spacial score (nSPS) is 10.6. The Morgan fingerprint density at radius 3 is 2.83 bits per heavy atom. The van der Waals surface area contributed by atoms with Gasteiger partial charge in [0, 0.05) is 6.20 Å². The van der Waals surface area contributed by atoms with Crippen LogP contribution in [-0.2, 0) is 6.54 Å². The third-order valence-corrected chi connectivity index (χ3v) is 2.89. The Hall–Kier alpha value is -1.88. The zero-order chi connectivity index (χ0) is 13.3. The Balaban J connectivity index is 2.38. The van der Waals surface area contributed by atoms with E-state index in [1.54, 1.807) is 13.1 Å². The molecular formula is C12H10ClFN2O2. The first kappa shape index (κ1) is 12.6. The molecule has 0 radical (unpaired) electrons. The lowest BCUT2D eigenvalue weighted by atomic mass is 10.1. The largest absolute Gasteiger partial charge is 0.478 e. The molecule has 0 atom stereocenters. The number of carboxylic acids is 1. The van der Waals surface area contributed by atoms with E-state index in [0.717, 1.165) is 6.07 Å². The van der Waals surface area contributed by atoms with Crippen molar-refractivity contribution in [1.29, 1.82) is 0 Å². The van der Waals surface area contributed by atoms with Gasteiger partial charge in [-0.2, -0.15) is 5.10 Å². The molecule has 0 amide bonds. The zero-order valence-corrected chi connectivity index (χ0v) is 10.3. The maximum absolute atomic E-state index is 13.1. The lowest BCUT2D eigenvalue weighted by molar-refractivity contribution is 0.0695. The second-order valence-electron chi connectivity index (χ2n) is 3.87. The number of hydrogen-bond acceptors (Lipinski definition) is 2. The highest BCUT2D eigenvalue weighted by atomic mass is 35.5. The van der Waals surface area contributed by atoms with E-state index in [9.17, 15) is 9.18 Å². The molecule has 0 aliphatic rings. The van der Waals surface area contributed by atoms with Gasteiger partial charge in [-0.25, -0.2) is 9.18 Å². The minimum atomic E-state index is -1.10. The topological polar surface area (TPSA) is 55.1 Å².